The van der Waals surface area contributed by atoms with Gasteiger partial charge in [0.1, 0.15) is 5.78 Å². The van der Waals surface area contributed by atoms with E-state index >= 15 is 0 Å². The van der Waals surface area contributed by atoms with Crippen molar-refractivity contribution in [3.8, 4) is 11.1 Å². The third-order valence-electron chi connectivity index (χ3n) is 4.36. The highest BCUT2D eigenvalue weighted by Gasteiger charge is 2.28. The van der Waals surface area contributed by atoms with Crippen molar-refractivity contribution < 1.29 is 4.79 Å². The summed E-state index contributed by atoms with van der Waals surface area (Å²) >= 11 is 0. The van der Waals surface area contributed by atoms with Crippen molar-refractivity contribution in [3.05, 3.63) is 60.2 Å². The van der Waals surface area contributed by atoms with Crippen molar-refractivity contribution in [1.82, 2.24) is 0 Å². The minimum Gasteiger partial charge on any atom is -0.299 e. The van der Waals surface area contributed by atoms with E-state index in [1.807, 2.05) is 32.0 Å². The first-order valence-electron chi connectivity index (χ1n) is 8.10. The van der Waals surface area contributed by atoms with Gasteiger partial charge in [-0.15, -0.1) is 0 Å². The predicted octanol–water partition coefficient (Wildman–Crippen LogP) is 5.64. The molecule has 1 heteroatoms. The summed E-state index contributed by atoms with van der Waals surface area (Å²) in [5.41, 5.74) is 3.08. The lowest BCUT2D eigenvalue weighted by Crippen LogP contribution is -2.29. The van der Waals surface area contributed by atoms with Crippen LogP contribution < -0.4 is 0 Å². The van der Waals surface area contributed by atoms with Crippen LogP contribution in [0.15, 0.2) is 54.6 Å². The average Bonchev–Trinajstić information content (AvgIpc) is 2.53. The molecule has 0 aliphatic rings. The molecule has 22 heavy (non-hydrogen) atoms. The summed E-state index contributed by atoms with van der Waals surface area (Å²) in [5.74, 6) is 0.897. The first kappa shape index (κ1) is 16.5. The molecule has 0 saturated heterocycles. The van der Waals surface area contributed by atoms with Crippen molar-refractivity contribution in [3.63, 3.8) is 0 Å². The van der Waals surface area contributed by atoms with Crippen LogP contribution in [-0.2, 0) is 10.2 Å². The molecule has 0 atom stereocenters. The summed E-state index contributed by atoms with van der Waals surface area (Å²) in [5, 5.41) is 0. The Labute approximate surface area is 134 Å². The van der Waals surface area contributed by atoms with Gasteiger partial charge in [-0.3, -0.25) is 4.79 Å². The third-order valence-corrected chi connectivity index (χ3v) is 4.36. The lowest BCUT2D eigenvalue weighted by molar-refractivity contribution is -0.123. The lowest BCUT2D eigenvalue weighted by Gasteiger charge is -2.24. The molecule has 2 aromatic rings. The van der Waals surface area contributed by atoms with E-state index in [2.05, 4.69) is 50.2 Å². The Hall–Kier alpha value is -1.89. The van der Waals surface area contributed by atoms with Crippen LogP contribution in [-0.4, -0.2) is 5.78 Å². The molecule has 0 amide bonds. The van der Waals surface area contributed by atoms with Gasteiger partial charge in [-0.2, -0.15) is 0 Å². The number of ketones is 1. The van der Waals surface area contributed by atoms with Crippen molar-refractivity contribution in [1.29, 1.82) is 0 Å². The molecule has 0 aliphatic carbocycles. The number of Topliss-reactive ketones (excluding diaryl/α,β-unsaturated/α-hetero) is 1. The Kier molecular flexibility index (Phi) is 5.18. The quantitative estimate of drug-likeness (QED) is 0.674. The van der Waals surface area contributed by atoms with Gasteiger partial charge >= 0.3 is 0 Å². The van der Waals surface area contributed by atoms with Crippen LogP contribution in [0.1, 0.15) is 46.1 Å². The molecule has 0 unspecified atom stereocenters. The van der Waals surface area contributed by atoms with Gasteiger partial charge in [-0.05, 0) is 42.9 Å². The summed E-state index contributed by atoms with van der Waals surface area (Å²) in [6.45, 7) is 8.39. The third kappa shape index (κ3) is 3.85. The molecular formula is C21H26O. The van der Waals surface area contributed by atoms with Gasteiger partial charge in [0.05, 0.1) is 0 Å². The molecule has 0 heterocycles. The second-order valence-corrected chi connectivity index (χ2v) is 6.92. The number of hydrogen-bond acceptors (Lipinski definition) is 1. The largest absolute Gasteiger partial charge is 0.299 e. The number of rotatable bonds is 6. The highest BCUT2D eigenvalue weighted by atomic mass is 16.1. The SMILES string of the molecule is CC(C)CCC(=O)C(C)(C)c1ccc(-c2ccccc2)cc1. The first-order chi connectivity index (χ1) is 10.4. The van der Waals surface area contributed by atoms with Gasteiger partial charge in [0.25, 0.3) is 0 Å². The van der Waals surface area contributed by atoms with Gasteiger partial charge in [-0.1, -0.05) is 68.4 Å². The van der Waals surface area contributed by atoms with Crippen LogP contribution >= 0.6 is 0 Å². The van der Waals surface area contributed by atoms with E-state index in [0.29, 0.717) is 18.1 Å². The Bertz CT molecular complexity index is 606. The molecule has 0 saturated carbocycles. The van der Waals surface area contributed by atoms with Crippen LogP contribution in [0.3, 0.4) is 0 Å². The van der Waals surface area contributed by atoms with Crippen LogP contribution in [0.4, 0.5) is 0 Å². The van der Waals surface area contributed by atoms with E-state index in [4.69, 9.17) is 0 Å². The van der Waals surface area contributed by atoms with E-state index < -0.39 is 5.41 Å². The number of benzene rings is 2. The van der Waals surface area contributed by atoms with Gasteiger partial charge in [0.2, 0.25) is 0 Å². The molecule has 116 valence electrons. The van der Waals surface area contributed by atoms with Crippen LogP contribution in [0, 0.1) is 5.92 Å². The fourth-order valence-corrected chi connectivity index (χ4v) is 2.60. The zero-order valence-electron chi connectivity index (χ0n) is 14.1. The summed E-state index contributed by atoms with van der Waals surface area (Å²) in [4.78, 5) is 12.5. The first-order valence-corrected chi connectivity index (χ1v) is 8.10. The van der Waals surface area contributed by atoms with E-state index in [9.17, 15) is 4.79 Å². The Morgan fingerprint density at radius 1 is 0.909 bits per heavy atom. The average molecular weight is 294 g/mol. The highest BCUT2D eigenvalue weighted by Crippen LogP contribution is 2.29. The van der Waals surface area contributed by atoms with E-state index in [0.717, 1.165) is 12.0 Å². The van der Waals surface area contributed by atoms with Crippen molar-refractivity contribution in [2.24, 2.45) is 5.92 Å². The van der Waals surface area contributed by atoms with Gasteiger partial charge in [0.15, 0.2) is 0 Å². The maximum absolute atomic E-state index is 12.5. The van der Waals surface area contributed by atoms with Crippen LogP contribution in [0.25, 0.3) is 11.1 Å². The van der Waals surface area contributed by atoms with Crippen molar-refractivity contribution >= 4 is 5.78 Å². The Morgan fingerprint density at radius 2 is 1.45 bits per heavy atom. The van der Waals surface area contributed by atoms with E-state index in [1.165, 1.54) is 11.1 Å². The second-order valence-electron chi connectivity index (χ2n) is 6.92. The molecule has 0 bridgehead atoms. The maximum atomic E-state index is 12.5. The number of hydrogen-bond donors (Lipinski definition) is 0. The van der Waals surface area contributed by atoms with Crippen molar-refractivity contribution in [2.45, 2.75) is 46.0 Å². The summed E-state index contributed by atoms with van der Waals surface area (Å²) < 4.78 is 0. The molecule has 0 radical (unpaired) electrons. The zero-order valence-corrected chi connectivity index (χ0v) is 14.1. The van der Waals surface area contributed by atoms with E-state index in [-0.39, 0.29) is 0 Å². The fourth-order valence-electron chi connectivity index (χ4n) is 2.60. The molecule has 0 N–H and O–H groups in total. The molecule has 2 aromatic carbocycles. The Balaban J connectivity index is 2.17. The fraction of sp³-hybridized carbons (Fsp3) is 0.381. The number of carbonyl (C=O) groups excluding carboxylic acids is 1. The molecule has 0 aliphatic heterocycles. The monoisotopic (exact) mass is 294 g/mol. The maximum Gasteiger partial charge on any atom is 0.142 e. The summed E-state index contributed by atoms with van der Waals surface area (Å²) in [6.07, 6.45) is 1.62. The molecular weight excluding hydrogens is 268 g/mol. The van der Waals surface area contributed by atoms with E-state index in [1.54, 1.807) is 0 Å². The molecule has 0 spiro atoms. The van der Waals surface area contributed by atoms with Crippen molar-refractivity contribution in [2.75, 3.05) is 0 Å². The zero-order chi connectivity index (χ0) is 16.2. The van der Waals surface area contributed by atoms with Gasteiger partial charge in [-0.25, -0.2) is 0 Å². The lowest BCUT2D eigenvalue weighted by atomic mass is 9.78. The Morgan fingerprint density at radius 3 is 2.00 bits per heavy atom. The molecule has 2 rings (SSSR count). The van der Waals surface area contributed by atoms with Gasteiger partial charge in [0, 0.05) is 11.8 Å². The van der Waals surface area contributed by atoms with Crippen LogP contribution in [0.5, 0.6) is 0 Å². The summed E-state index contributed by atoms with van der Waals surface area (Å²) in [6, 6.07) is 18.7. The number of carbonyl (C=O) groups is 1. The minimum absolute atomic E-state index is 0.327. The van der Waals surface area contributed by atoms with Gasteiger partial charge < -0.3 is 0 Å². The van der Waals surface area contributed by atoms with Crippen LogP contribution in [0.2, 0.25) is 0 Å². The smallest absolute Gasteiger partial charge is 0.142 e. The second kappa shape index (κ2) is 6.91. The predicted molar refractivity (Wildman–Crippen MR) is 94.0 cm³/mol. The molecule has 1 nitrogen and oxygen atoms in total. The molecule has 0 aromatic heterocycles. The molecule has 0 fully saturated rings. The topological polar surface area (TPSA) is 17.1 Å². The summed E-state index contributed by atoms with van der Waals surface area (Å²) in [7, 11) is 0. The highest BCUT2D eigenvalue weighted by molar-refractivity contribution is 5.89. The standard InChI is InChI=1S/C21H26O/c1-16(2)10-15-20(22)21(3,4)19-13-11-18(12-14-19)17-8-6-5-7-9-17/h5-9,11-14,16H,10,15H2,1-4H3. The minimum atomic E-state index is -0.413. The normalized spacial score (nSPS) is 11.7.